The van der Waals surface area contributed by atoms with Gasteiger partial charge in [-0.2, -0.15) is 0 Å². The first kappa shape index (κ1) is 21.4. The van der Waals surface area contributed by atoms with E-state index in [0.29, 0.717) is 17.7 Å². The number of carbonyl (C=O) groups is 1. The minimum atomic E-state index is -3.95. The molecule has 31 heavy (non-hydrogen) atoms. The number of aromatic nitrogens is 2. The summed E-state index contributed by atoms with van der Waals surface area (Å²) in [6.07, 6.45) is 0.457. The molecule has 162 valence electrons. The van der Waals surface area contributed by atoms with Gasteiger partial charge in [0.25, 0.3) is 15.9 Å². The van der Waals surface area contributed by atoms with Crippen molar-refractivity contribution in [2.24, 2.45) is 0 Å². The largest absolute Gasteiger partial charge is 0.487 e. The van der Waals surface area contributed by atoms with Crippen LogP contribution in [0.15, 0.2) is 52.9 Å². The molecule has 8 nitrogen and oxygen atoms in total. The van der Waals surface area contributed by atoms with Gasteiger partial charge in [0, 0.05) is 17.5 Å². The van der Waals surface area contributed by atoms with Gasteiger partial charge in [-0.15, -0.1) is 10.2 Å². The van der Waals surface area contributed by atoms with Crippen molar-refractivity contribution in [1.29, 1.82) is 0 Å². The lowest BCUT2D eigenvalue weighted by molar-refractivity contribution is 0.0702. The van der Waals surface area contributed by atoms with Crippen molar-refractivity contribution in [2.75, 3.05) is 5.32 Å². The molecule has 0 bridgehead atoms. The molecule has 1 aliphatic rings. The standard InChI is InChI=1S/C21H22N4O4S2/c1-13-8-10-14(11-9-13)18(26)22-19-23-24-20(30-19)31(27,28)25-16-12-21(2,3)29-17-7-5-4-6-15(16)17/h4-11,16,25H,12H2,1-3H3,(H,22,23,26). The van der Waals surface area contributed by atoms with Crippen LogP contribution in [-0.2, 0) is 10.0 Å². The zero-order valence-corrected chi connectivity index (χ0v) is 18.9. The van der Waals surface area contributed by atoms with E-state index < -0.39 is 21.7 Å². The molecular formula is C21H22N4O4S2. The summed E-state index contributed by atoms with van der Waals surface area (Å²) in [6.45, 7) is 5.75. The van der Waals surface area contributed by atoms with Crippen molar-refractivity contribution < 1.29 is 17.9 Å². The van der Waals surface area contributed by atoms with Gasteiger partial charge in [0.15, 0.2) is 0 Å². The molecule has 2 heterocycles. The lowest BCUT2D eigenvalue weighted by Crippen LogP contribution is -2.41. The summed E-state index contributed by atoms with van der Waals surface area (Å²) in [5.41, 5.74) is 1.72. The van der Waals surface area contributed by atoms with E-state index in [1.807, 2.05) is 57.2 Å². The first-order valence-corrected chi connectivity index (χ1v) is 11.9. The van der Waals surface area contributed by atoms with Crippen molar-refractivity contribution in [3.05, 3.63) is 65.2 Å². The average Bonchev–Trinajstić information content (AvgIpc) is 3.17. The van der Waals surface area contributed by atoms with Gasteiger partial charge in [-0.25, -0.2) is 13.1 Å². The van der Waals surface area contributed by atoms with E-state index in [9.17, 15) is 13.2 Å². The fourth-order valence-electron chi connectivity index (χ4n) is 3.39. The third-order valence-corrected chi connectivity index (χ3v) is 7.52. The van der Waals surface area contributed by atoms with Crippen molar-refractivity contribution in [2.45, 2.75) is 43.2 Å². The zero-order chi connectivity index (χ0) is 22.2. The number of amides is 1. The van der Waals surface area contributed by atoms with E-state index in [4.69, 9.17) is 4.74 Å². The number of carbonyl (C=O) groups excluding carboxylic acids is 1. The van der Waals surface area contributed by atoms with Crippen LogP contribution >= 0.6 is 11.3 Å². The fraction of sp³-hybridized carbons (Fsp3) is 0.286. The van der Waals surface area contributed by atoms with E-state index in [1.54, 1.807) is 12.1 Å². The Bertz CT molecular complexity index is 1220. The number of benzene rings is 2. The third-order valence-electron chi connectivity index (χ3n) is 4.84. The number of fused-ring (bicyclic) bond motifs is 1. The summed E-state index contributed by atoms with van der Waals surface area (Å²) in [7, 11) is -3.95. The van der Waals surface area contributed by atoms with Gasteiger partial charge in [0.1, 0.15) is 11.4 Å². The number of nitrogens with zero attached hydrogens (tertiary/aromatic N) is 2. The molecule has 1 aliphatic heterocycles. The van der Waals surface area contributed by atoms with E-state index in [0.717, 1.165) is 22.5 Å². The fourth-order valence-corrected chi connectivity index (χ4v) is 5.51. The molecule has 0 saturated heterocycles. The molecule has 1 aromatic heterocycles. The van der Waals surface area contributed by atoms with Gasteiger partial charge in [0.05, 0.1) is 6.04 Å². The number of aryl methyl sites for hydroxylation is 1. The van der Waals surface area contributed by atoms with Crippen molar-refractivity contribution >= 4 is 32.4 Å². The molecular weight excluding hydrogens is 436 g/mol. The second-order valence-corrected chi connectivity index (χ2v) is 10.8. The highest BCUT2D eigenvalue weighted by atomic mass is 32.2. The molecule has 1 amide bonds. The van der Waals surface area contributed by atoms with Crippen molar-refractivity contribution in [1.82, 2.24) is 14.9 Å². The molecule has 0 radical (unpaired) electrons. The first-order valence-electron chi connectivity index (χ1n) is 9.65. The van der Waals surface area contributed by atoms with Crippen LogP contribution in [0, 0.1) is 6.92 Å². The molecule has 1 atom stereocenters. The van der Waals surface area contributed by atoms with E-state index in [-0.39, 0.29) is 15.4 Å². The number of ether oxygens (including phenoxy) is 1. The van der Waals surface area contributed by atoms with E-state index in [1.165, 1.54) is 0 Å². The number of rotatable bonds is 5. The second-order valence-electron chi connectivity index (χ2n) is 7.97. The summed E-state index contributed by atoms with van der Waals surface area (Å²) >= 11 is 0.800. The maximum atomic E-state index is 13.0. The van der Waals surface area contributed by atoms with Crippen molar-refractivity contribution in [3.63, 3.8) is 0 Å². The lowest BCUT2D eigenvalue weighted by Gasteiger charge is -2.37. The minimum absolute atomic E-state index is 0.110. The van der Waals surface area contributed by atoms with Gasteiger partial charge in [-0.3, -0.25) is 10.1 Å². The quantitative estimate of drug-likeness (QED) is 0.565. The van der Waals surface area contributed by atoms with Crippen LogP contribution in [0.4, 0.5) is 5.13 Å². The number of para-hydroxylation sites is 1. The van der Waals surface area contributed by atoms with Gasteiger partial charge in [-0.1, -0.05) is 47.2 Å². The number of nitrogens with one attached hydrogen (secondary N) is 2. The summed E-state index contributed by atoms with van der Waals surface area (Å²) in [4.78, 5) is 12.4. The average molecular weight is 459 g/mol. The molecule has 0 fully saturated rings. The molecule has 10 heteroatoms. The van der Waals surface area contributed by atoms with Crippen molar-refractivity contribution in [3.8, 4) is 5.75 Å². The Hall–Kier alpha value is -2.82. The first-order chi connectivity index (χ1) is 14.6. The molecule has 0 spiro atoms. The van der Waals surface area contributed by atoms with Gasteiger partial charge >= 0.3 is 0 Å². The molecule has 2 N–H and O–H groups in total. The van der Waals surface area contributed by atoms with Gasteiger partial charge in [-0.05, 0) is 39.0 Å². The normalized spacial score (nSPS) is 17.5. The molecule has 0 aliphatic carbocycles. The van der Waals surface area contributed by atoms with Crippen LogP contribution in [0.25, 0.3) is 0 Å². The lowest BCUT2D eigenvalue weighted by atomic mass is 9.90. The van der Waals surface area contributed by atoms with E-state index in [2.05, 4.69) is 20.2 Å². The SMILES string of the molecule is Cc1ccc(C(=O)Nc2nnc(S(=O)(=O)NC3CC(C)(C)Oc4ccccc43)s2)cc1. The molecule has 0 saturated carbocycles. The molecule has 2 aromatic carbocycles. The smallest absolute Gasteiger partial charge is 0.270 e. The Morgan fingerprint density at radius 2 is 1.84 bits per heavy atom. The topological polar surface area (TPSA) is 110 Å². The highest BCUT2D eigenvalue weighted by Crippen LogP contribution is 2.40. The third kappa shape index (κ3) is 4.76. The monoisotopic (exact) mass is 458 g/mol. The number of hydrogen-bond donors (Lipinski definition) is 2. The van der Waals surface area contributed by atoms with Crippen LogP contribution in [0.2, 0.25) is 0 Å². The summed E-state index contributed by atoms with van der Waals surface area (Å²) in [5, 5.41) is 10.3. The van der Waals surface area contributed by atoms with Crippen LogP contribution < -0.4 is 14.8 Å². The highest BCUT2D eigenvalue weighted by Gasteiger charge is 2.36. The van der Waals surface area contributed by atoms with Crippen LogP contribution in [0.3, 0.4) is 0 Å². The van der Waals surface area contributed by atoms with Gasteiger partial charge < -0.3 is 4.74 Å². The molecule has 3 aromatic rings. The maximum absolute atomic E-state index is 13.0. The van der Waals surface area contributed by atoms with Crippen LogP contribution in [0.1, 0.15) is 47.8 Å². The summed E-state index contributed by atoms with van der Waals surface area (Å²) < 4.78 is 34.4. The Morgan fingerprint density at radius 3 is 2.58 bits per heavy atom. The predicted molar refractivity (Wildman–Crippen MR) is 118 cm³/mol. The highest BCUT2D eigenvalue weighted by molar-refractivity contribution is 7.91. The maximum Gasteiger partial charge on any atom is 0.270 e. The Morgan fingerprint density at radius 1 is 1.13 bits per heavy atom. The van der Waals surface area contributed by atoms with Crippen LogP contribution in [-0.4, -0.2) is 30.1 Å². The van der Waals surface area contributed by atoms with Gasteiger partial charge in [0.2, 0.25) is 9.47 Å². The minimum Gasteiger partial charge on any atom is -0.487 e. The van der Waals surface area contributed by atoms with E-state index >= 15 is 0 Å². The second kappa shape index (κ2) is 8.03. The Kier molecular flexibility index (Phi) is 5.54. The molecule has 4 rings (SSSR count). The summed E-state index contributed by atoms with van der Waals surface area (Å²) in [5.74, 6) is 0.267. The number of hydrogen-bond acceptors (Lipinski definition) is 7. The predicted octanol–water partition coefficient (Wildman–Crippen LogP) is 3.68. The summed E-state index contributed by atoms with van der Waals surface area (Å²) in [6, 6.07) is 13.9. The Labute approximate surface area is 184 Å². The van der Waals surface area contributed by atoms with Crippen LogP contribution in [0.5, 0.6) is 5.75 Å². The molecule has 1 unspecified atom stereocenters. The zero-order valence-electron chi connectivity index (χ0n) is 17.2. The Balaban J connectivity index is 1.52. The number of sulfonamides is 1. The number of anilines is 1.